The largest absolute Gasteiger partial charge is 0.343 e. The summed E-state index contributed by atoms with van der Waals surface area (Å²) < 4.78 is 0. The molecule has 1 amide bonds. The van der Waals surface area contributed by atoms with Gasteiger partial charge in [0.25, 0.3) is 0 Å². The summed E-state index contributed by atoms with van der Waals surface area (Å²) in [6.07, 6.45) is 1.42. The van der Waals surface area contributed by atoms with Crippen LogP contribution in [-0.4, -0.2) is 29.1 Å². The van der Waals surface area contributed by atoms with Crippen LogP contribution in [-0.2, 0) is 9.59 Å². The topological polar surface area (TPSA) is 37.4 Å². The number of hydrogen-bond donors (Lipinski definition) is 0. The quantitative estimate of drug-likeness (QED) is 0.634. The number of likely N-dealkylation sites (tertiary alicyclic amines) is 1. The molecule has 1 rings (SSSR count). The van der Waals surface area contributed by atoms with E-state index < -0.39 is 0 Å². The second-order valence-corrected chi connectivity index (χ2v) is 3.46. The molecule has 0 aromatic heterocycles. The van der Waals surface area contributed by atoms with Gasteiger partial charge in [-0.1, -0.05) is 0 Å². The van der Waals surface area contributed by atoms with Gasteiger partial charge in [0.1, 0.15) is 0 Å². The van der Waals surface area contributed by atoms with Gasteiger partial charge in [0.2, 0.25) is 11.1 Å². The van der Waals surface area contributed by atoms with Gasteiger partial charge in [-0.15, -0.1) is 12.4 Å². The Morgan fingerprint density at radius 3 is 2.08 bits per heavy atom. The molecule has 0 N–H and O–H groups in total. The van der Waals surface area contributed by atoms with Crippen LogP contribution >= 0.6 is 24.0 Å². The number of halogens is 2. The third-order valence-electron chi connectivity index (χ3n) is 2.26. The van der Waals surface area contributed by atoms with Crippen molar-refractivity contribution in [2.45, 2.75) is 19.8 Å². The molecule has 13 heavy (non-hydrogen) atoms. The van der Waals surface area contributed by atoms with E-state index in [4.69, 9.17) is 11.6 Å². The minimum atomic E-state index is -0.266. The van der Waals surface area contributed by atoms with E-state index in [0.717, 1.165) is 0 Å². The lowest BCUT2D eigenvalue weighted by Gasteiger charge is -2.29. The molecule has 3 nitrogen and oxygen atoms in total. The fourth-order valence-corrected chi connectivity index (χ4v) is 1.64. The molecule has 1 heterocycles. The van der Waals surface area contributed by atoms with Crippen molar-refractivity contribution in [3.63, 3.8) is 0 Å². The zero-order valence-electron chi connectivity index (χ0n) is 7.46. The maximum atomic E-state index is 10.9. The van der Waals surface area contributed by atoms with Crippen molar-refractivity contribution in [1.82, 2.24) is 4.90 Å². The van der Waals surface area contributed by atoms with Crippen LogP contribution in [0.25, 0.3) is 0 Å². The number of piperidine rings is 1. The number of amides is 1. The van der Waals surface area contributed by atoms with E-state index in [9.17, 15) is 9.59 Å². The van der Waals surface area contributed by atoms with Crippen LogP contribution in [0.4, 0.5) is 0 Å². The summed E-state index contributed by atoms with van der Waals surface area (Å²) in [6.45, 7) is 2.87. The highest BCUT2D eigenvalue weighted by atomic mass is 35.5. The van der Waals surface area contributed by atoms with Gasteiger partial charge < -0.3 is 4.90 Å². The second-order valence-electron chi connectivity index (χ2n) is 3.08. The van der Waals surface area contributed by atoms with E-state index in [1.54, 1.807) is 11.8 Å². The first-order valence-corrected chi connectivity index (χ1v) is 4.44. The summed E-state index contributed by atoms with van der Waals surface area (Å²) in [7, 11) is 0. The van der Waals surface area contributed by atoms with Crippen molar-refractivity contribution >= 4 is 35.2 Å². The summed E-state index contributed by atoms with van der Waals surface area (Å²) >= 11 is 5.34. The lowest BCUT2D eigenvalue weighted by molar-refractivity contribution is -0.131. The predicted octanol–water partition coefficient (Wildman–Crippen LogP) is 1.43. The van der Waals surface area contributed by atoms with Crippen LogP contribution < -0.4 is 0 Å². The van der Waals surface area contributed by atoms with E-state index in [2.05, 4.69) is 0 Å². The highest BCUT2D eigenvalue weighted by Crippen LogP contribution is 2.19. The lowest BCUT2D eigenvalue weighted by atomic mass is 9.98. The highest BCUT2D eigenvalue weighted by molar-refractivity contribution is 6.63. The third kappa shape index (κ3) is 3.53. The monoisotopic (exact) mass is 225 g/mol. The van der Waals surface area contributed by atoms with Gasteiger partial charge in [-0.05, 0) is 24.4 Å². The Morgan fingerprint density at radius 1 is 1.31 bits per heavy atom. The molecule has 1 saturated heterocycles. The van der Waals surface area contributed by atoms with Gasteiger partial charge in [-0.2, -0.15) is 0 Å². The second kappa shape index (κ2) is 5.45. The van der Waals surface area contributed by atoms with Crippen LogP contribution in [0, 0.1) is 5.92 Å². The molecular formula is C8H13Cl2NO2. The first-order chi connectivity index (χ1) is 5.61. The van der Waals surface area contributed by atoms with Gasteiger partial charge in [0.15, 0.2) is 0 Å². The number of nitrogens with zero attached hydrogens (tertiary/aromatic N) is 1. The number of carbonyl (C=O) groups excluding carboxylic acids is 2. The molecule has 1 fully saturated rings. The predicted molar refractivity (Wildman–Crippen MR) is 53.1 cm³/mol. The minimum absolute atomic E-state index is 0. The van der Waals surface area contributed by atoms with Crippen LogP contribution in [0.3, 0.4) is 0 Å². The number of carbonyl (C=O) groups is 2. The molecule has 0 saturated carbocycles. The van der Waals surface area contributed by atoms with Crippen LogP contribution in [0.1, 0.15) is 19.8 Å². The highest BCUT2D eigenvalue weighted by Gasteiger charge is 2.24. The van der Waals surface area contributed by atoms with E-state index in [-0.39, 0.29) is 29.5 Å². The van der Waals surface area contributed by atoms with Crippen molar-refractivity contribution in [3.8, 4) is 0 Å². The van der Waals surface area contributed by atoms with Crippen LogP contribution in [0.5, 0.6) is 0 Å². The van der Waals surface area contributed by atoms with Crippen molar-refractivity contribution < 1.29 is 9.59 Å². The number of hydrogen-bond acceptors (Lipinski definition) is 2. The number of rotatable bonds is 1. The van der Waals surface area contributed by atoms with Gasteiger partial charge in [0, 0.05) is 25.9 Å². The molecule has 0 bridgehead atoms. The fourth-order valence-electron chi connectivity index (χ4n) is 1.42. The van der Waals surface area contributed by atoms with Crippen molar-refractivity contribution in [2.24, 2.45) is 5.92 Å². The molecule has 0 spiro atoms. The van der Waals surface area contributed by atoms with Crippen LogP contribution in [0.2, 0.25) is 0 Å². The molecular weight excluding hydrogens is 213 g/mol. The summed E-state index contributed by atoms with van der Waals surface area (Å²) in [4.78, 5) is 23.4. The summed E-state index contributed by atoms with van der Waals surface area (Å²) in [5.74, 6) is 0.0396. The maximum absolute atomic E-state index is 10.9. The van der Waals surface area contributed by atoms with E-state index in [1.165, 1.54) is 0 Å². The van der Waals surface area contributed by atoms with Crippen molar-refractivity contribution in [3.05, 3.63) is 0 Å². The van der Waals surface area contributed by atoms with Crippen molar-refractivity contribution in [2.75, 3.05) is 13.1 Å². The van der Waals surface area contributed by atoms with E-state index >= 15 is 0 Å². The first kappa shape index (κ1) is 12.7. The first-order valence-electron chi connectivity index (χ1n) is 4.06. The zero-order chi connectivity index (χ0) is 9.14. The minimum Gasteiger partial charge on any atom is -0.343 e. The summed E-state index contributed by atoms with van der Waals surface area (Å²) in [5.41, 5.74) is 0. The molecule has 0 aromatic carbocycles. The average Bonchev–Trinajstić information content (AvgIpc) is 2.04. The Morgan fingerprint density at radius 2 is 1.77 bits per heavy atom. The van der Waals surface area contributed by atoms with Gasteiger partial charge in [-0.3, -0.25) is 9.59 Å². The molecule has 0 atom stereocenters. The Balaban J connectivity index is 0.00000144. The van der Waals surface area contributed by atoms with Crippen molar-refractivity contribution in [1.29, 1.82) is 0 Å². The van der Waals surface area contributed by atoms with Gasteiger partial charge in [-0.25, -0.2) is 0 Å². The Kier molecular flexibility index (Phi) is 5.33. The summed E-state index contributed by atoms with van der Waals surface area (Å²) in [5, 5.41) is -0.266. The van der Waals surface area contributed by atoms with Gasteiger partial charge in [0.05, 0.1) is 0 Å². The molecule has 76 valence electrons. The molecule has 1 aliphatic heterocycles. The standard InChI is InChI=1S/C8H12ClNO2.ClH/c1-6(11)10-4-2-7(3-5-10)8(9)12;/h7H,2-5H2,1H3;1H. The Hall–Kier alpha value is -0.280. The Labute approximate surface area is 88.8 Å². The average molecular weight is 226 g/mol. The van der Waals surface area contributed by atoms with E-state index in [0.29, 0.717) is 25.9 Å². The molecule has 0 aromatic rings. The molecule has 0 unspecified atom stereocenters. The smallest absolute Gasteiger partial charge is 0.224 e. The molecule has 5 heteroatoms. The molecule has 1 aliphatic rings. The molecule has 0 aliphatic carbocycles. The zero-order valence-corrected chi connectivity index (χ0v) is 9.03. The van der Waals surface area contributed by atoms with Gasteiger partial charge >= 0.3 is 0 Å². The fraction of sp³-hybridized carbons (Fsp3) is 0.750. The molecule has 0 radical (unpaired) electrons. The normalized spacial score (nSPS) is 17.8. The SMILES string of the molecule is CC(=O)N1CCC(C(=O)Cl)CC1.Cl. The van der Waals surface area contributed by atoms with E-state index in [1.807, 2.05) is 0 Å². The maximum Gasteiger partial charge on any atom is 0.224 e. The third-order valence-corrected chi connectivity index (χ3v) is 2.57. The Bertz CT molecular complexity index is 178. The summed E-state index contributed by atoms with van der Waals surface area (Å²) in [6, 6.07) is 0. The lowest BCUT2D eigenvalue weighted by Crippen LogP contribution is -2.38. The van der Waals surface area contributed by atoms with Crippen LogP contribution in [0.15, 0.2) is 0 Å².